The third kappa shape index (κ3) is 9.19. The fraction of sp³-hybridized carbons (Fsp3) is 0.867. The van der Waals surface area contributed by atoms with Gasteiger partial charge in [0.05, 0.1) is 12.2 Å². The molecular formula is C30H60O6Si3. The number of terminal acetylenes is 1. The lowest BCUT2D eigenvalue weighted by molar-refractivity contribution is -0.138. The minimum absolute atomic E-state index is 0.0125. The molecule has 0 unspecified atom stereocenters. The molecule has 0 saturated carbocycles. The first-order valence-electron chi connectivity index (χ1n) is 14.4. The normalized spacial score (nSPS) is 24.2. The second kappa shape index (κ2) is 12.3. The summed E-state index contributed by atoms with van der Waals surface area (Å²) < 4.78 is 33.0. The van der Waals surface area contributed by atoms with E-state index in [1.54, 1.807) is 6.92 Å². The Labute approximate surface area is 244 Å². The van der Waals surface area contributed by atoms with Crippen molar-refractivity contribution in [2.24, 2.45) is 0 Å². The third-order valence-electron chi connectivity index (χ3n) is 9.28. The molecule has 0 fully saturated rings. The van der Waals surface area contributed by atoms with Crippen LogP contribution in [0.15, 0.2) is 12.0 Å². The van der Waals surface area contributed by atoms with Gasteiger partial charge >= 0.3 is 0 Å². The first kappa shape index (κ1) is 36.4. The highest BCUT2D eigenvalue weighted by Gasteiger charge is 2.48. The lowest BCUT2D eigenvalue weighted by Gasteiger charge is -2.47. The van der Waals surface area contributed by atoms with Crippen molar-refractivity contribution >= 4 is 25.0 Å². The van der Waals surface area contributed by atoms with E-state index in [0.29, 0.717) is 5.95 Å². The Morgan fingerprint density at radius 2 is 1.28 bits per heavy atom. The Bertz CT molecular complexity index is 884. The summed E-state index contributed by atoms with van der Waals surface area (Å²) in [6.45, 7) is 36.8. The van der Waals surface area contributed by atoms with Crippen LogP contribution in [-0.4, -0.2) is 66.7 Å². The molecule has 6 nitrogen and oxygen atoms in total. The van der Waals surface area contributed by atoms with Crippen molar-refractivity contribution in [2.45, 2.75) is 167 Å². The van der Waals surface area contributed by atoms with Gasteiger partial charge < -0.3 is 27.9 Å². The van der Waals surface area contributed by atoms with Crippen molar-refractivity contribution in [3.63, 3.8) is 0 Å². The molecule has 0 amide bonds. The maximum atomic E-state index is 10.8. The Hall–Kier alpha value is -0.609. The van der Waals surface area contributed by atoms with Gasteiger partial charge in [-0.2, -0.15) is 0 Å². The molecule has 0 bridgehead atoms. The minimum Gasteiger partial charge on any atom is -0.460 e. The van der Waals surface area contributed by atoms with Crippen LogP contribution in [0.2, 0.25) is 54.4 Å². The predicted molar refractivity (Wildman–Crippen MR) is 170 cm³/mol. The SMILES string of the molecule is C#C[C@H](O[Si](C)(C)C(C)(C)C)[C@H](OC1=C[C@H](O[Si](C)(C)C(C)(C)C)[C@H](O[Si](C)(C)C(C)(C)C)[C@@H](C)O1)[C@@H](C)O. The Kier molecular flexibility index (Phi) is 11.5. The molecule has 39 heavy (non-hydrogen) atoms. The zero-order valence-electron chi connectivity index (χ0n) is 28.1. The van der Waals surface area contributed by atoms with Crippen LogP contribution in [0, 0.1) is 12.3 Å². The van der Waals surface area contributed by atoms with Gasteiger partial charge in [0.1, 0.15) is 18.3 Å². The first-order valence-corrected chi connectivity index (χ1v) is 23.1. The van der Waals surface area contributed by atoms with Gasteiger partial charge in [0, 0.05) is 6.08 Å². The van der Waals surface area contributed by atoms with E-state index < -0.39 is 43.3 Å². The largest absolute Gasteiger partial charge is 0.460 e. The molecule has 0 aliphatic carbocycles. The number of hydrogen-bond donors (Lipinski definition) is 1. The van der Waals surface area contributed by atoms with Crippen LogP contribution in [0.3, 0.4) is 0 Å². The van der Waals surface area contributed by atoms with Crippen molar-refractivity contribution < 1.29 is 27.9 Å². The molecule has 1 aliphatic rings. The van der Waals surface area contributed by atoms with Gasteiger partial charge in [0.25, 0.3) is 5.95 Å². The molecular weight excluding hydrogens is 541 g/mol. The average molecular weight is 601 g/mol. The molecule has 0 spiro atoms. The maximum Gasteiger partial charge on any atom is 0.278 e. The van der Waals surface area contributed by atoms with E-state index in [4.69, 9.17) is 29.2 Å². The Morgan fingerprint density at radius 3 is 1.67 bits per heavy atom. The Morgan fingerprint density at radius 1 is 0.846 bits per heavy atom. The molecule has 0 aromatic rings. The van der Waals surface area contributed by atoms with E-state index >= 15 is 0 Å². The topological polar surface area (TPSA) is 66.4 Å². The predicted octanol–water partition coefficient (Wildman–Crippen LogP) is 7.82. The van der Waals surface area contributed by atoms with Crippen molar-refractivity contribution in [3.05, 3.63) is 12.0 Å². The molecule has 1 heterocycles. The lowest BCUT2D eigenvalue weighted by atomic mass is 10.1. The van der Waals surface area contributed by atoms with Crippen molar-refractivity contribution in [2.75, 3.05) is 0 Å². The van der Waals surface area contributed by atoms with Gasteiger partial charge in [-0.1, -0.05) is 68.2 Å². The highest BCUT2D eigenvalue weighted by Crippen LogP contribution is 2.43. The van der Waals surface area contributed by atoms with Gasteiger partial charge in [0.15, 0.2) is 31.1 Å². The highest BCUT2D eigenvalue weighted by molar-refractivity contribution is 6.75. The van der Waals surface area contributed by atoms with Gasteiger partial charge in [-0.3, -0.25) is 0 Å². The molecule has 0 aromatic heterocycles. The van der Waals surface area contributed by atoms with Crippen LogP contribution in [0.4, 0.5) is 0 Å². The number of hydrogen-bond acceptors (Lipinski definition) is 6. The molecule has 6 atom stereocenters. The summed E-state index contributed by atoms with van der Waals surface area (Å²) in [5.74, 6) is 3.04. The number of aliphatic hydroxyl groups excluding tert-OH is 1. The van der Waals surface area contributed by atoms with Crippen LogP contribution in [0.1, 0.15) is 76.2 Å². The van der Waals surface area contributed by atoms with Crippen LogP contribution < -0.4 is 0 Å². The van der Waals surface area contributed by atoms with Gasteiger partial charge in [0.2, 0.25) is 0 Å². The van der Waals surface area contributed by atoms with Crippen LogP contribution >= 0.6 is 0 Å². The quantitative estimate of drug-likeness (QED) is 0.204. The van der Waals surface area contributed by atoms with Crippen molar-refractivity contribution in [1.29, 1.82) is 0 Å². The second-order valence-electron chi connectivity index (χ2n) is 15.8. The molecule has 1 aliphatic heterocycles. The summed E-state index contributed by atoms with van der Waals surface area (Å²) in [4.78, 5) is 0. The first-order chi connectivity index (χ1) is 17.2. The smallest absolute Gasteiger partial charge is 0.278 e. The zero-order valence-corrected chi connectivity index (χ0v) is 31.1. The van der Waals surface area contributed by atoms with E-state index in [1.807, 2.05) is 13.0 Å². The summed E-state index contributed by atoms with van der Waals surface area (Å²) in [5, 5.41) is 10.8. The summed E-state index contributed by atoms with van der Waals surface area (Å²) >= 11 is 0. The molecule has 1 N–H and O–H groups in total. The van der Waals surface area contributed by atoms with Crippen molar-refractivity contribution in [1.82, 2.24) is 0 Å². The van der Waals surface area contributed by atoms with E-state index in [0.717, 1.165) is 0 Å². The van der Waals surface area contributed by atoms with Crippen LogP contribution in [0.5, 0.6) is 0 Å². The maximum absolute atomic E-state index is 10.8. The summed E-state index contributed by atoms with van der Waals surface area (Å²) in [6.07, 6.45) is 4.45. The summed E-state index contributed by atoms with van der Waals surface area (Å²) in [6, 6.07) is 0. The monoisotopic (exact) mass is 600 g/mol. The van der Waals surface area contributed by atoms with Gasteiger partial charge in [-0.15, -0.1) is 6.42 Å². The average Bonchev–Trinajstić information content (AvgIpc) is 2.70. The molecule has 228 valence electrons. The number of aliphatic hydroxyl groups is 1. The van der Waals surface area contributed by atoms with E-state index in [-0.39, 0.29) is 33.4 Å². The molecule has 1 rings (SSSR count). The molecule has 9 heteroatoms. The summed E-state index contributed by atoms with van der Waals surface area (Å²) in [5.41, 5.74) is 0. The van der Waals surface area contributed by atoms with Gasteiger partial charge in [-0.25, -0.2) is 0 Å². The van der Waals surface area contributed by atoms with Crippen LogP contribution in [0.25, 0.3) is 0 Å². The third-order valence-corrected chi connectivity index (χ3v) is 22.7. The number of rotatable bonds is 10. The number of ether oxygens (including phenoxy) is 2. The lowest BCUT2D eigenvalue weighted by Crippen LogP contribution is -2.56. The Balaban J connectivity index is 3.48. The van der Waals surface area contributed by atoms with E-state index in [1.165, 1.54) is 0 Å². The summed E-state index contributed by atoms with van der Waals surface area (Å²) in [7, 11) is -6.54. The highest BCUT2D eigenvalue weighted by atomic mass is 28.4. The van der Waals surface area contributed by atoms with Crippen LogP contribution in [-0.2, 0) is 22.8 Å². The molecule has 0 aromatic carbocycles. The molecule has 0 saturated heterocycles. The zero-order chi connectivity index (χ0) is 31.0. The molecule has 0 radical (unpaired) electrons. The standard InChI is InChI=1S/C30H60O6Si3/c1-19-23(34-37(13,14)28(4,5)6)26(21(2)31)33-25-20-24(35-38(15,16)29(7,8)9)27(22(3)32-25)36-39(17,18)30(10,11)12/h1,20-24,26-27,31H,2-18H3/t21-,22-,23+,24+,26-,27-/m1/s1. The van der Waals surface area contributed by atoms with E-state index in [2.05, 4.69) is 108 Å². The van der Waals surface area contributed by atoms with Crippen molar-refractivity contribution in [3.8, 4) is 12.3 Å². The fourth-order valence-electron chi connectivity index (χ4n) is 3.39. The van der Waals surface area contributed by atoms with E-state index in [9.17, 15) is 5.11 Å². The van der Waals surface area contributed by atoms with Gasteiger partial charge in [-0.05, 0) is 68.2 Å². The minimum atomic E-state index is -2.23. The second-order valence-corrected chi connectivity index (χ2v) is 30.1. The fourth-order valence-corrected chi connectivity index (χ4v) is 7.17.